The Morgan fingerprint density at radius 3 is 2.71 bits per heavy atom. The second-order valence-corrected chi connectivity index (χ2v) is 6.27. The molecule has 1 fully saturated rings. The highest BCUT2D eigenvalue weighted by molar-refractivity contribution is 6.31. The number of benzene rings is 1. The Morgan fingerprint density at radius 1 is 1.29 bits per heavy atom. The molecule has 1 aliphatic carbocycles. The minimum absolute atomic E-state index is 0.0799. The SMILES string of the molecule is CC1CCC(c2onc(N)c2-c2cccc(Cl)c2F)CC1. The summed E-state index contributed by atoms with van der Waals surface area (Å²) >= 11 is 5.87. The highest BCUT2D eigenvalue weighted by Crippen LogP contribution is 2.43. The molecule has 2 N–H and O–H groups in total. The van der Waals surface area contributed by atoms with Crippen molar-refractivity contribution >= 4 is 17.4 Å². The summed E-state index contributed by atoms with van der Waals surface area (Å²) in [4.78, 5) is 0. The molecule has 21 heavy (non-hydrogen) atoms. The van der Waals surface area contributed by atoms with Gasteiger partial charge in [0.2, 0.25) is 0 Å². The van der Waals surface area contributed by atoms with Crippen LogP contribution in [0.4, 0.5) is 10.2 Å². The van der Waals surface area contributed by atoms with Gasteiger partial charge >= 0.3 is 0 Å². The van der Waals surface area contributed by atoms with Gasteiger partial charge in [0.1, 0.15) is 11.6 Å². The van der Waals surface area contributed by atoms with E-state index in [4.69, 9.17) is 21.9 Å². The summed E-state index contributed by atoms with van der Waals surface area (Å²) in [5.41, 5.74) is 6.85. The summed E-state index contributed by atoms with van der Waals surface area (Å²) in [5.74, 6) is 1.43. The topological polar surface area (TPSA) is 52.0 Å². The molecule has 1 saturated carbocycles. The number of nitrogens with zero attached hydrogens (tertiary/aromatic N) is 1. The lowest BCUT2D eigenvalue weighted by Crippen LogP contribution is -2.11. The van der Waals surface area contributed by atoms with Gasteiger partial charge in [-0.1, -0.05) is 48.7 Å². The molecule has 1 heterocycles. The maximum atomic E-state index is 14.3. The Morgan fingerprint density at radius 2 is 2.00 bits per heavy atom. The van der Waals surface area contributed by atoms with Crippen LogP contribution in [0, 0.1) is 11.7 Å². The fraction of sp³-hybridized carbons (Fsp3) is 0.438. The first-order chi connectivity index (χ1) is 10.1. The smallest absolute Gasteiger partial charge is 0.175 e. The Labute approximate surface area is 128 Å². The number of anilines is 1. The molecular weight excluding hydrogens is 291 g/mol. The Kier molecular flexibility index (Phi) is 3.89. The highest BCUT2D eigenvalue weighted by atomic mass is 35.5. The first-order valence-corrected chi connectivity index (χ1v) is 7.65. The van der Waals surface area contributed by atoms with Gasteiger partial charge in [0.05, 0.1) is 10.6 Å². The van der Waals surface area contributed by atoms with Crippen LogP contribution in [0.1, 0.15) is 44.3 Å². The Bertz CT molecular complexity index is 648. The van der Waals surface area contributed by atoms with E-state index in [9.17, 15) is 4.39 Å². The number of rotatable bonds is 2. The van der Waals surface area contributed by atoms with Gasteiger partial charge in [0, 0.05) is 11.5 Å². The van der Waals surface area contributed by atoms with Crippen LogP contribution in [-0.2, 0) is 0 Å². The van der Waals surface area contributed by atoms with Crippen molar-refractivity contribution in [3.05, 3.63) is 34.8 Å². The highest BCUT2D eigenvalue weighted by Gasteiger charge is 2.29. The summed E-state index contributed by atoms with van der Waals surface area (Å²) in [6.07, 6.45) is 4.32. The van der Waals surface area contributed by atoms with Crippen LogP contribution in [-0.4, -0.2) is 5.16 Å². The van der Waals surface area contributed by atoms with Crippen LogP contribution in [0.15, 0.2) is 22.7 Å². The molecule has 3 rings (SSSR count). The third kappa shape index (κ3) is 2.64. The average molecular weight is 309 g/mol. The maximum Gasteiger partial charge on any atom is 0.175 e. The van der Waals surface area contributed by atoms with Crippen molar-refractivity contribution in [1.29, 1.82) is 0 Å². The largest absolute Gasteiger partial charge is 0.380 e. The van der Waals surface area contributed by atoms with E-state index in [1.54, 1.807) is 12.1 Å². The molecule has 2 aromatic rings. The van der Waals surface area contributed by atoms with Crippen molar-refractivity contribution in [2.24, 2.45) is 5.92 Å². The normalized spacial score (nSPS) is 22.4. The minimum atomic E-state index is -0.473. The van der Waals surface area contributed by atoms with Crippen LogP contribution >= 0.6 is 11.6 Å². The molecule has 0 unspecified atom stereocenters. The van der Waals surface area contributed by atoms with Crippen molar-refractivity contribution in [2.45, 2.75) is 38.5 Å². The zero-order valence-corrected chi connectivity index (χ0v) is 12.7. The zero-order valence-electron chi connectivity index (χ0n) is 11.9. The predicted molar refractivity (Wildman–Crippen MR) is 81.7 cm³/mol. The second kappa shape index (κ2) is 5.68. The van der Waals surface area contributed by atoms with E-state index >= 15 is 0 Å². The first-order valence-electron chi connectivity index (χ1n) is 7.27. The quantitative estimate of drug-likeness (QED) is 0.848. The monoisotopic (exact) mass is 308 g/mol. The summed E-state index contributed by atoms with van der Waals surface area (Å²) in [6.45, 7) is 2.25. The van der Waals surface area contributed by atoms with E-state index < -0.39 is 5.82 Å². The fourth-order valence-corrected chi connectivity index (χ4v) is 3.26. The van der Waals surface area contributed by atoms with Crippen molar-refractivity contribution in [3.8, 4) is 11.1 Å². The summed E-state index contributed by atoms with van der Waals surface area (Å²) in [5, 5.41) is 3.93. The van der Waals surface area contributed by atoms with Gasteiger partial charge in [-0.25, -0.2) is 4.39 Å². The third-order valence-electron chi connectivity index (χ3n) is 4.35. The van der Waals surface area contributed by atoms with E-state index in [1.165, 1.54) is 6.07 Å². The molecule has 112 valence electrons. The minimum Gasteiger partial charge on any atom is -0.380 e. The molecule has 1 aromatic carbocycles. The third-order valence-corrected chi connectivity index (χ3v) is 4.64. The summed E-state index contributed by atoms with van der Waals surface area (Å²) < 4.78 is 19.7. The van der Waals surface area contributed by atoms with Crippen molar-refractivity contribution in [1.82, 2.24) is 5.16 Å². The molecule has 0 aliphatic heterocycles. The zero-order chi connectivity index (χ0) is 15.0. The first kappa shape index (κ1) is 14.4. The second-order valence-electron chi connectivity index (χ2n) is 5.87. The summed E-state index contributed by atoms with van der Waals surface area (Å²) in [7, 11) is 0. The van der Waals surface area contributed by atoms with Gasteiger partial charge in [-0.05, 0) is 24.8 Å². The molecule has 1 aromatic heterocycles. The molecular formula is C16H18ClFN2O. The van der Waals surface area contributed by atoms with Crippen molar-refractivity contribution in [2.75, 3.05) is 5.73 Å². The van der Waals surface area contributed by atoms with Gasteiger partial charge in [-0.2, -0.15) is 0 Å². The van der Waals surface area contributed by atoms with Crippen LogP contribution in [0.5, 0.6) is 0 Å². The average Bonchev–Trinajstić information content (AvgIpc) is 2.85. The molecule has 0 amide bonds. The molecule has 0 radical (unpaired) electrons. The number of hydrogen-bond donors (Lipinski definition) is 1. The molecule has 5 heteroatoms. The number of hydrogen-bond acceptors (Lipinski definition) is 3. The fourth-order valence-electron chi connectivity index (χ4n) is 3.08. The number of halogens is 2. The lowest BCUT2D eigenvalue weighted by atomic mass is 9.80. The van der Waals surface area contributed by atoms with E-state index in [2.05, 4.69) is 12.1 Å². The van der Waals surface area contributed by atoms with Crippen LogP contribution in [0.2, 0.25) is 5.02 Å². The molecule has 0 spiro atoms. The van der Waals surface area contributed by atoms with E-state index in [-0.39, 0.29) is 16.8 Å². The maximum absolute atomic E-state index is 14.3. The van der Waals surface area contributed by atoms with E-state index in [0.29, 0.717) is 16.9 Å². The van der Waals surface area contributed by atoms with Gasteiger partial charge in [0.25, 0.3) is 0 Å². The van der Waals surface area contributed by atoms with Gasteiger partial charge in [-0.15, -0.1) is 0 Å². The lowest BCUT2D eigenvalue weighted by molar-refractivity contribution is 0.289. The molecule has 0 saturated heterocycles. The van der Waals surface area contributed by atoms with Crippen LogP contribution in [0.25, 0.3) is 11.1 Å². The van der Waals surface area contributed by atoms with Crippen molar-refractivity contribution < 1.29 is 8.91 Å². The van der Waals surface area contributed by atoms with E-state index in [1.807, 2.05) is 0 Å². The lowest BCUT2D eigenvalue weighted by Gasteiger charge is -2.24. The standard InChI is InChI=1S/C16H18ClFN2O/c1-9-5-7-10(8-6-9)15-13(16(19)20-21-15)11-3-2-4-12(17)14(11)18/h2-4,9-10H,5-8H2,1H3,(H2,19,20). The van der Waals surface area contributed by atoms with E-state index in [0.717, 1.165) is 31.6 Å². The van der Waals surface area contributed by atoms with Crippen molar-refractivity contribution in [3.63, 3.8) is 0 Å². The van der Waals surface area contributed by atoms with Gasteiger partial charge in [-0.3, -0.25) is 0 Å². The molecule has 0 bridgehead atoms. The van der Waals surface area contributed by atoms with Crippen LogP contribution < -0.4 is 5.73 Å². The molecule has 1 aliphatic rings. The van der Waals surface area contributed by atoms with Gasteiger partial charge < -0.3 is 10.3 Å². The number of nitrogen functional groups attached to an aromatic ring is 1. The Hall–Kier alpha value is -1.55. The number of nitrogens with two attached hydrogens (primary N) is 1. The summed E-state index contributed by atoms with van der Waals surface area (Å²) in [6, 6.07) is 4.89. The van der Waals surface area contributed by atoms with Gasteiger partial charge in [0.15, 0.2) is 5.82 Å². The Balaban J connectivity index is 2.03. The molecule has 0 atom stereocenters. The van der Waals surface area contributed by atoms with Crippen LogP contribution in [0.3, 0.4) is 0 Å². The number of aromatic nitrogens is 1. The molecule has 3 nitrogen and oxygen atoms in total. The predicted octanol–water partition coefficient (Wildman–Crippen LogP) is 5.01.